The lowest BCUT2D eigenvalue weighted by atomic mass is 10.4. The maximum Gasteiger partial charge on any atom is 0.210 e. The molecule has 7 nitrogen and oxygen atoms in total. The monoisotopic (exact) mass is 327 g/mol. The van der Waals surface area contributed by atoms with Crippen LogP contribution in [0.25, 0.3) is 0 Å². The van der Waals surface area contributed by atoms with Gasteiger partial charge in [-0.15, -0.1) is 0 Å². The summed E-state index contributed by atoms with van der Waals surface area (Å²) in [6.07, 6.45) is 0.876. The molecule has 0 saturated carbocycles. The van der Waals surface area contributed by atoms with Crippen LogP contribution < -0.4 is 5.14 Å². The zero-order valence-electron chi connectivity index (χ0n) is 9.98. The Morgan fingerprint density at radius 3 is 1.79 bits per heavy atom. The van der Waals surface area contributed by atoms with Gasteiger partial charge in [0, 0.05) is 6.26 Å². The van der Waals surface area contributed by atoms with Crippen LogP contribution in [0.1, 0.15) is 0 Å². The molecule has 0 amide bonds. The number of benzene rings is 1. The van der Waals surface area contributed by atoms with Gasteiger partial charge < -0.3 is 0 Å². The Hall–Kier alpha value is -0.970. The quantitative estimate of drug-likeness (QED) is 0.750. The Morgan fingerprint density at radius 1 is 0.895 bits per heavy atom. The van der Waals surface area contributed by atoms with Gasteiger partial charge in [-0.25, -0.2) is 30.4 Å². The Balaban J connectivity index is 3.31. The van der Waals surface area contributed by atoms with E-state index in [4.69, 9.17) is 5.14 Å². The minimum atomic E-state index is -4.05. The molecule has 0 aliphatic heterocycles. The summed E-state index contributed by atoms with van der Waals surface area (Å²) in [7, 11) is -11.7. The van der Waals surface area contributed by atoms with Crippen LogP contribution >= 0.6 is 0 Å². The van der Waals surface area contributed by atoms with E-state index in [-0.39, 0.29) is 4.90 Å². The fourth-order valence-corrected chi connectivity index (χ4v) is 5.63. The molecule has 0 aromatic heterocycles. The average molecular weight is 327 g/mol. The van der Waals surface area contributed by atoms with Gasteiger partial charge in [0.1, 0.15) is 0 Å². The number of primary sulfonamides is 1. The molecule has 0 spiro atoms. The lowest BCUT2D eigenvalue weighted by molar-refractivity contribution is 0.583. The molecule has 2 N–H and O–H groups in total. The minimum absolute atomic E-state index is 0.357. The number of sulfonamides is 1. The van der Waals surface area contributed by atoms with Crippen molar-refractivity contribution < 1.29 is 25.3 Å². The van der Waals surface area contributed by atoms with Crippen LogP contribution in [-0.4, -0.2) is 43.0 Å². The number of hydrogen-bond donors (Lipinski definition) is 1. The van der Waals surface area contributed by atoms with E-state index in [0.717, 1.165) is 18.4 Å². The molecule has 19 heavy (non-hydrogen) atoms. The Morgan fingerprint density at radius 2 is 1.37 bits per heavy atom. The predicted octanol–water partition coefficient (Wildman–Crippen LogP) is -0.848. The molecule has 0 atom stereocenters. The Kier molecular flexibility index (Phi) is 4.40. The van der Waals surface area contributed by atoms with E-state index in [9.17, 15) is 25.3 Å². The third kappa shape index (κ3) is 4.56. The molecule has 0 unspecified atom stereocenters. The minimum Gasteiger partial charge on any atom is -0.229 e. The summed E-state index contributed by atoms with van der Waals surface area (Å²) in [5.41, 5.74) is 0. The Labute approximate surface area is 112 Å². The molecular formula is C9H13NO6S3. The molecular weight excluding hydrogens is 314 g/mol. The smallest absolute Gasteiger partial charge is 0.210 e. The molecule has 108 valence electrons. The van der Waals surface area contributed by atoms with Crippen molar-refractivity contribution >= 4 is 29.7 Å². The second-order valence-electron chi connectivity index (χ2n) is 3.90. The first-order chi connectivity index (χ1) is 8.43. The van der Waals surface area contributed by atoms with Gasteiger partial charge in [0.25, 0.3) is 0 Å². The molecule has 0 aliphatic carbocycles. The second kappa shape index (κ2) is 5.19. The SMILES string of the molecule is CS(=O)(=O)c1ccccc1S(=O)(=O)CCS(N)(=O)=O. The van der Waals surface area contributed by atoms with Crippen molar-refractivity contribution in [2.75, 3.05) is 17.8 Å². The van der Waals surface area contributed by atoms with Gasteiger partial charge in [-0.05, 0) is 12.1 Å². The van der Waals surface area contributed by atoms with Gasteiger partial charge in [0.05, 0.1) is 21.3 Å². The van der Waals surface area contributed by atoms with E-state index in [1.165, 1.54) is 12.1 Å². The van der Waals surface area contributed by atoms with Gasteiger partial charge >= 0.3 is 0 Å². The highest BCUT2D eigenvalue weighted by Crippen LogP contribution is 2.21. The number of nitrogens with two attached hydrogens (primary N) is 1. The summed E-state index contributed by atoms with van der Waals surface area (Å²) in [6, 6.07) is 5.02. The van der Waals surface area contributed by atoms with Gasteiger partial charge in [0.2, 0.25) is 10.0 Å². The molecule has 0 radical (unpaired) electrons. The third-order valence-electron chi connectivity index (χ3n) is 2.22. The van der Waals surface area contributed by atoms with Crippen LogP contribution in [0.3, 0.4) is 0 Å². The lowest BCUT2D eigenvalue weighted by Gasteiger charge is -2.08. The van der Waals surface area contributed by atoms with Crippen molar-refractivity contribution in [3.63, 3.8) is 0 Å². The van der Waals surface area contributed by atoms with Crippen molar-refractivity contribution in [2.24, 2.45) is 5.14 Å². The van der Waals surface area contributed by atoms with Crippen LogP contribution in [0.2, 0.25) is 0 Å². The zero-order valence-corrected chi connectivity index (χ0v) is 12.4. The van der Waals surface area contributed by atoms with Crippen molar-refractivity contribution in [1.82, 2.24) is 0 Å². The highest BCUT2D eigenvalue weighted by molar-refractivity contribution is 7.95. The molecule has 10 heteroatoms. The first-order valence-electron chi connectivity index (χ1n) is 4.96. The van der Waals surface area contributed by atoms with E-state index >= 15 is 0 Å². The molecule has 0 fully saturated rings. The zero-order chi connectivity index (χ0) is 14.9. The maximum absolute atomic E-state index is 12.0. The number of rotatable bonds is 5. The second-order valence-corrected chi connectivity index (χ2v) is 9.70. The van der Waals surface area contributed by atoms with Gasteiger partial charge in [-0.3, -0.25) is 0 Å². The van der Waals surface area contributed by atoms with E-state index in [1.807, 2.05) is 0 Å². The summed E-state index contributed by atoms with van der Waals surface area (Å²) in [6.45, 7) is 0. The van der Waals surface area contributed by atoms with E-state index < -0.39 is 46.1 Å². The molecule has 0 bridgehead atoms. The molecule has 0 saturated heterocycles. The molecule has 1 aromatic carbocycles. The van der Waals surface area contributed by atoms with Crippen molar-refractivity contribution in [3.05, 3.63) is 24.3 Å². The van der Waals surface area contributed by atoms with Crippen molar-refractivity contribution in [2.45, 2.75) is 9.79 Å². The normalized spacial score (nSPS) is 13.4. The first kappa shape index (κ1) is 16.1. The maximum atomic E-state index is 12.0. The predicted molar refractivity (Wildman–Crippen MR) is 69.6 cm³/mol. The summed E-state index contributed by atoms with van der Waals surface area (Å²) in [4.78, 5) is -0.773. The Bertz CT molecular complexity index is 777. The van der Waals surface area contributed by atoms with E-state index in [0.29, 0.717) is 0 Å². The molecule has 1 rings (SSSR count). The fourth-order valence-electron chi connectivity index (χ4n) is 1.35. The molecule has 1 aromatic rings. The highest BCUT2D eigenvalue weighted by atomic mass is 32.2. The summed E-state index contributed by atoms with van der Waals surface area (Å²) >= 11 is 0. The van der Waals surface area contributed by atoms with Crippen molar-refractivity contribution in [1.29, 1.82) is 0 Å². The largest absolute Gasteiger partial charge is 0.229 e. The highest BCUT2D eigenvalue weighted by Gasteiger charge is 2.24. The third-order valence-corrected chi connectivity index (χ3v) is 6.30. The van der Waals surface area contributed by atoms with Crippen molar-refractivity contribution in [3.8, 4) is 0 Å². The van der Waals surface area contributed by atoms with Gasteiger partial charge in [-0.1, -0.05) is 12.1 Å². The fraction of sp³-hybridized carbons (Fsp3) is 0.333. The average Bonchev–Trinajstić information content (AvgIpc) is 2.25. The number of sulfone groups is 2. The van der Waals surface area contributed by atoms with Gasteiger partial charge in [0.15, 0.2) is 19.7 Å². The number of hydrogen-bond acceptors (Lipinski definition) is 6. The van der Waals surface area contributed by atoms with Crippen LogP contribution in [0.15, 0.2) is 34.1 Å². The summed E-state index contributed by atoms with van der Waals surface area (Å²) < 4.78 is 68.5. The summed E-state index contributed by atoms with van der Waals surface area (Å²) in [5.74, 6) is -1.54. The van der Waals surface area contributed by atoms with Crippen LogP contribution in [0.5, 0.6) is 0 Å². The van der Waals surface area contributed by atoms with Crippen LogP contribution in [0.4, 0.5) is 0 Å². The van der Waals surface area contributed by atoms with E-state index in [2.05, 4.69) is 0 Å². The lowest BCUT2D eigenvalue weighted by Crippen LogP contribution is -2.24. The topological polar surface area (TPSA) is 128 Å². The van der Waals surface area contributed by atoms with E-state index in [1.54, 1.807) is 0 Å². The van der Waals surface area contributed by atoms with Crippen LogP contribution in [-0.2, 0) is 29.7 Å². The van der Waals surface area contributed by atoms with Gasteiger partial charge in [-0.2, -0.15) is 0 Å². The molecule has 0 aliphatic rings. The standard InChI is InChI=1S/C9H13NO6S3/c1-17(11,12)8-4-2-3-5-9(8)18(13,14)6-7-19(10,15)16/h2-5H,6-7H2,1H3,(H2,10,15,16). The summed E-state index contributed by atoms with van der Waals surface area (Å²) in [5, 5.41) is 4.73. The molecule has 0 heterocycles. The van der Waals surface area contributed by atoms with Crippen LogP contribution in [0, 0.1) is 0 Å². The first-order valence-corrected chi connectivity index (χ1v) is 10.2.